The fourth-order valence-electron chi connectivity index (χ4n) is 1.33. The molecule has 0 saturated carbocycles. The molecule has 0 bridgehead atoms. The first-order valence-corrected chi connectivity index (χ1v) is 5.48. The molecule has 1 atom stereocenters. The van der Waals surface area contributed by atoms with E-state index < -0.39 is 0 Å². The highest BCUT2D eigenvalue weighted by Gasteiger charge is 2.08. The Hall–Kier alpha value is -0.830. The number of thiophene rings is 1. The first-order chi connectivity index (χ1) is 6.72. The molecule has 0 amide bonds. The summed E-state index contributed by atoms with van der Waals surface area (Å²) in [5.74, 6) is 0. The van der Waals surface area contributed by atoms with Crippen LogP contribution in [0.5, 0.6) is 0 Å². The standard InChI is InChI=1S/C11H10ClNS/c1-2-9(13)11-6-7-8(12)4-3-5-10(7)14-11/h2-6,9H,1,13H2/t9-/m0/s1. The Morgan fingerprint density at radius 1 is 1.50 bits per heavy atom. The number of hydrogen-bond donors (Lipinski definition) is 1. The van der Waals surface area contributed by atoms with Crippen LogP contribution in [0.15, 0.2) is 36.9 Å². The Morgan fingerprint density at radius 2 is 2.29 bits per heavy atom. The zero-order chi connectivity index (χ0) is 10.1. The van der Waals surface area contributed by atoms with Crippen LogP contribution in [0.1, 0.15) is 10.9 Å². The van der Waals surface area contributed by atoms with Gasteiger partial charge in [0.1, 0.15) is 0 Å². The third-order valence-corrected chi connectivity index (χ3v) is 3.64. The van der Waals surface area contributed by atoms with Crippen molar-refractivity contribution >= 4 is 33.0 Å². The lowest BCUT2D eigenvalue weighted by atomic mass is 10.2. The van der Waals surface area contributed by atoms with E-state index in [0.29, 0.717) is 0 Å². The van der Waals surface area contributed by atoms with Gasteiger partial charge in [0, 0.05) is 20.0 Å². The van der Waals surface area contributed by atoms with Gasteiger partial charge in [0.15, 0.2) is 0 Å². The van der Waals surface area contributed by atoms with Crippen LogP contribution >= 0.6 is 22.9 Å². The zero-order valence-corrected chi connectivity index (χ0v) is 9.11. The van der Waals surface area contributed by atoms with Gasteiger partial charge in [-0.3, -0.25) is 0 Å². The van der Waals surface area contributed by atoms with Gasteiger partial charge in [0.2, 0.25) is 0 Å². The van der Waals surface area contributed by atoms with Crippen molar-refractivity contribution in [1.82, 2.24) is 0 Å². The molecule has 0 aliphatic carbocycles. The van der Waals surface area contributed by atoms with E-state index in [1.54, 1.807) is 17.4 Å². The second-order valence-electron chi connectivity index (χ2n) is 3.06. The summed E-state index contributed by atoms with van der Waals surface area (Å²) in [6, 6.07) is 7.83. The second-order valence-corrected chi connectivity index (χ2v) is 4.58. The number of fused-ring (bicyclic) bond motifs is 1. The van der Waals surface area contributed by atoms with E-state index in [1.807, 2.05) is 24.3 Å². The lowest BCUT2D eigenvalue weighted by Gasteiger charge is -1.99. The SMILES string of the molecule is C=C[C@H](N)c1cc2c(Cl)cccc2s1. The van der Waals surface area contributed by atoms with E-state index in [0.717, 1.165) is 15.3 Å². The molecule has 0 aliphatic heterocycles. The molecule has 1 nitrogen and oxygen atoms in total. The first kappa shape index (κ1) is 9.71. The predicted octanol–water partition coefficient (Wildman–Crippen LogP) is 3.74. The molecule has 0 unspecified atom stereocenters. The van der Waals surface area contributed by atoms with Crippen LogP contribution in [0.2, 0.25) is 5.02 Å². The van der Waals surface area contributed by atoms with Gasteiger partial charge in [-0.1, -0.05) is 23.7 Å². The van der Waals surface area contributed by atoms with Crippen LogP contribution in [0.3, 0.4) is 0 Å². The van der Waals surface area contributed by atoms with Gasteiger partial charge < -0.3 is 5.73 Å². The normalized spacial score (nSPS) is 13.0. The minimum absolute atomic E-state index is 0.0940. The summed E-state index contributed by atoms with van der Waals surface area (Å²) >= 11 is 7.72. The first-order valence-electron chi connectivity index (χ1n) is 4.28. The molecule has 3 heteroatoms. The molecular weight excluding hydrogens is 214 g/mol. The predicted molar refractivity (Wildman–Crippen MR) is 64.0 cm³/mol. The number of nitrogens with two attached hydrogens (primary N) is 1. The minimum atomic E-state index is -0.0940. The van der Waals surface area contributed by atoms with E-state index in [2.05, 4.69) is 6.58 Å². The average molecular weight is 224 g/mol. The van der Waals surface area contributed by atoms with Crippen molar-refractivity contribution in [2.24, 2.45) is 5.73 Å². The van der Waals surface area contributed by atoms with Gasteiger partial charge in [0.25, 0.3) is 0 Å². The molecule has 1 aromatic carbocycles. The van der Waals surface area contributed by atoms with Crippen molar-refractivity contribution in [3.8, 4) is 0 Å². The third-order valence-electron chi connectivity index (χ3n) is 2.11. The average Bonchev–Trinajstić information content (AvgIpc) is 2.62. The Bertz CT molecular complexity index is 475. The molecule has 14 heavy (non-hydrogen) atoms. The lowest BCUT2D eigenvalue weighted by Crippen LogP contribution is -2.03. The van der Waals surface area contributed by atoms with E-state index in [1.165, 1.54) is 4.70 Å². The van der Waals surface area contributed by atoms with E-state index in [9.17, 15) is 0 Å². The molecule has 0 radical (unpaired) electrons. The highest BCUT2D eigenvalue weighted by atomic mass is 35.5. The topological polar surface area (TPSA) is 26.0 Å². The van der Waals surface area contributed by atoms with Crippen molar-refractivity contribution in [3.05, 3.63) is 46.8 Å². The molecule has 0 aliphatic rings. The van der Waals surface area contributed by atoms with Crippen LogP contribution in [0.4, 0.5) is 0 Å². The molecular formula is C11H10ClNS. The van der Waals surface area contributed by atoms with E-state index in [4.69, 9.17) is 17.3 Å². The van der Waals surface area contributed by atoms with Crippen LogP contribution in [-0.4, -0.2) is 0 Å². The summed E-state index contributed by atoms with van der Waals surface area (Å²) in [5, 5.41) is 1.85. The number of hydrogen-bond acceptors (Lipinski definition) is 2. The number of benzene rings is 1. The van der Waals surface area contributed by atoms with Crippen molar-refractivity contribution in [1.29, 1.82) is 0 Å². The number of halogens is 1. The second kappa shape index (κ2) is 3.73. The molecule has 1 heterocycles. The van der Waals surface area contributed by atoms with Crippen molar-refractivity contribution in [2.75, 3.05) is 0 Å². The van der Waals surface area contributed by atoms with Crippen LogP contribution in [0.25, 0.3) is 10.1 Å². The quantitative estimate of drug-likeness (QED) is 0.772. The van der Waals surface area contributed by atoms with Crippen LogP contribution in [0, 0.1) is 0 Å². The summed E-state index contributed by atoms with van der Waals surface area (Å²) in [6.07, 6.45) is 1.73. The molecule has 72 valence electrons. The van der Waals surface area contributed by atoms with Gasteiger partial charge in [-0.05, 0) is 18.2 Å². The Balaban J connectivity index is 2.62. The minimum Gasteiger partial charge on any atom is -0.320 e. The van der Waals surface area contributed by atoms with Crippen LogP contribution in [-0.2, 0) is 0 Å². The third kappa shape index (κ3) is 1.57. The molecule has 2 N–H and O–H groups in total. The van der Waals surface area contributed by atoms with Gasteiger partial charge in [-0.2, -0.15) is 0 Å². The van der Waals surface area contributed by atoms with Crippen LogP contribution < -0.4 is 5.73 Å². The van der Waals surface area contributed by atoms with Gasteiger partial charge >= 0.3 is 0 Å². The molecule has 1 aromatic heterocycles. The van der Waals surface area contributed by atoms with E-state index in [-0.39, 0.29) is 6.04 Å². The highest BCUT2D eigenvalue weighted by molar-refractivity contribution is 7.19. The monoisotopic (exact) mass is 223 g/mol. The molecule has 0 spiro atoms. The largest absolute Gasteiger partial charge is 0.320 e. The van der Waals surface area contributed by atoms with Crippen molar-refractivity contribution < 1.29 is 0 Å². The lowest BCUT2D eigenvalue weighted by molar-refractivity contribution is 0.941. The molecule has 0 fully saturated rings. The summed E-state index contributed by atoms with van der Waals surface area (Å²) in [4.78, 5) is 1.10. The van der Waals surface area contributed by atoms with Crippen molar-refractivity contribution in [2.45, 2.75) is 6.04 Å². The maximum absolute atomic E-state index is 6.06. The van der Waals surface area contributed by atoms with Gasteiger partial charge in [-0.25, -0.2) is 0 Å². The Kier molecular flexibility index (Phi) is 2.59. The smallest absolute Gasteiger partial charge is 0.0573 e. The molecule has 0 saturated heterocycles. The highest BCUT2D eigenvalue weighted by Crippen LogP contribution is 2.33. The summed E-state index contributed by atoms with van der Waals surface area (Å²) in [6.45, 7) is 3.68. The van der Waals surface area contributed by atoms with Gasteiger partial charge in [0.05, 0.1) is 6.04 Å². The molecule has 2 rings (SSSR count). The summed E-state index contributed by atoms with van der Waals surface area (Å²) in [5.41, 5.74) is 5.86. The Labute approximate surface area is 91.8 Å². The molecule has 2 aromatic rings. The van der Waals surface area contributed by atoms with Crippen molar-refractivity contribution in [3.63, 3.8) is 0 Å². The fraction of sp³-hybridized carbons (Fsp3) is 0.0909. The summed E-state index contributed by atoms with van der Waals surface area (Å²) in [7, 11) is 0. The Morgan fingerprint density at radius 3 is 2.93 bits per heavy atom. The number of rotatable bonds is 2. The maximum atomic E-state index is 6.06. The maximum Gasteiger partial charge on any atom is 0.0573 e. The van der Waals surface area contributed by atoms with Gasteiger partial charge in [-0.15, -0.1) is 17.9 Å². The summed E-state index contributed by atoms with van der Waals surface area (Å²) < 4.78 is 1.17. The zero-order valence-electron chi connectivity index (χ0n) is 7.53. The fourth-order valence-corrected chi connectivity index (χ4v) is 2.70. The van der Waals surface area contributed by atoms with E-state index >= 15 is 0 Å².